The van der Waals surface area contributed by atoms with Gasteiger partial charge in [-0.1, -0.05) is 24.3 Å². The molecule has 6 heteroatoms. The van der Waals surface area contributed by atoms with Crippen LogP contribution in [0.25, 0.3) is 5.70 Å². The molecular formula is C18H25N5O. The van der Waals surface area contributed by atoms with Gasteiger partial charge in [0.1, 0.15) is 12.0 Å². The summed E-state index contributed by atoms with van der Waals surface area (Å²) in [5, 5.41) is 17.9. The molecule has 1 unspecified atom stereocenters. The molecule has 1 saturated heterocycles. The molecule has 1 atom stereocenters. The number of rotatable bonds is 5. The van der Waals surface area contributed by atoms with Crippen LogP contribution in [0.2, 0.25) is 0 Å². The van der Waals surface area contributed by atoms with Gasteiger partial charge in [0.25, 0.3) is 0 Å². The second-order valence-electron chi connectivity index (χ2n) is 6.05. The van der Waals surface area contributed by atoms with Crippen molar-refractivity contribution in [1.82, 2.24) is 16.0 Å². The first-order chi connectivity index (χ1) is 11.7. The van der Waals surface area contributed by atoms with Gasteiger partial charge in [0.2, 0.25) is 0 Å². The lowest BCUT2D eigenvalue weighted by Gasteiger charge is -2.23. The summed E-state index contributed by atoms with van der Waals surface area (Å²) >= 11 is 0. The van der Waals surface area contributed by atoms with E-state index in [1.807, 2.05) is 24.4 Å². The minimum absolute atomic E-state index is 0.00831. The second kappa shape index (κ2) is 7.99. The Balaban J connectivity index is 1.48. The zero-order chi connectivity index (χ0) is 16.8. The van der Waals surface area contributed by atoms with Crippen LogP contribution >= 0.6 is 0 Å². The van der Waals surface area contributed by atoms with Crippen molar-refractivity contribution in [1.29, 1.82) is 5.41 Å². The molecule has 6 nitrogen and oxygen atoms in total. The third kappa shape index (κ3) is 4.37. The van der Waals surface area contributed by atoms with Gasteiger partial charge in [0.15, 0.2) is 0 Å². The standard InChI is InChI=1S/C18H25N5O/c19-11-13-1-3-14(4-2-13)16-12-21-18(23-16)6-5-17(20)22-15-7-9-24-10-8-15/h1-6,12,15,18,21,23H,7-11,19H2,(H2,20,22)/b6-5-. The van der Waals surface area contributed by atoms with Crippen molar-refractivity contribution in [3.05, 3.63) is 53.7 Å². The third-order valence-corrected chi connectivity index (χ3v) is 4.26. The summed E-state index contributed by atoms with van der Waals surface area (Å²) in [6, 6.07) is 8.53. The first-order valence-electron chi connectivity index (χ1n) is 8.38. The van der Waals surface area contributed by atoms with Crippen molar-refractivity contribution in [2.45, 2.75) is 31.6 Å². The number of hydrogen-bond acceptors (Lipinski definition) is 5. The van der Waals surface area contributed by atoms with Gasteiger partial charge in [0, 0.05) is 32.0 Å². The molecule has 0 aromatic heterocycles. The normalized spacial score (nSPS) is 21.2. The van der Waals surface area contributed by atoms with Crippen LogP contribution in [-0.2, 0) is 11.3 Å². The van der Waals surface area contributed by atoms with E-state index in [1.54, 1.807) is 6.08 Å². The van der Waals surface area contributed by atoms with Crippen LogP contribution in [0.1, 0.15) is 24.0 Å². The Morgan fingerprint density at radius 3 is 2.75 bits per heavy atom. The van der Waals surface area contributed by atoms with Crippen molar-refractivity contribution < 1.29 is 4.74 Å². The van der Waals surface area contributed by atoms with Crippen LogP contribution < -0.4 is 21.7 Å². The summed E-state index contributed by atoms with van der Waals surface area (Å²) < 4.78 is 5.33. The molecule has 0 aliphatic carbocycles. The average Bonchev–Trinajstić information content (AvgIpc) is 3.10. The van der Waals surface area contributed by atoms with Crippen LogP contribution in [0, 0.1) is 5.41 Å². The number of amidine groups is 1. The van der Waals surface area contributed by atoms with E-state index in [1.165, 1.54) is 0 Å². The molecule has 3 rings (SSSR count). The van der Waals surface area contributed by atoms with Crippen molar-refractivity contribution in [3.8, 4) is 0 Å². The largest absolute Gasteiger partial charge is 0.381 e. The predicted molar refractivity (Wildman–Crippen MR) is 96.2 cm³/mol. The van der Waals surface area contributed by atoms with Gasteiger partial charge in [-0.05, 0) is 36.1 Å². The van der Waals surface area contributed by atoms with Crippen LogP contribution in [-0.4, -0.2) is 31.3 Å². The summed E-state index contributed by atoms with van der Waals surface area (Å²) in [7, 11) is 0. The van der Waals surface area contributed by atoms with E-state index in [0.29, 0.717) is 18.4 Å². The van der Waals surface area contributed by atoms with Gasteiger partial charge in [-0.3, -0.25) is 5.41 Å². The maximum Gasteiger partial charge on any atom is 0.117 e. The monoisotopic (exact) mass is 327 g/mol. The lowest BCUT2D eigenvalue weighted by atomic mass is 10.1. The molecule has 1 fully saturated rings. The Hall–Kier alpha value is -2.31. The molecule has 0 spiro atoms. The summed E-state index contributed by atoms with van der Waals surface area (Å²) in [6.45, 7) is 2.10. The Morgan fingerprint density at radius 1 is 1.29 bits per heavy atom. The van der Waals surface area contributed by atoms with E-state index < -0.39 is 0 Å². The average molecular weight is 327 g/mol. The zero-order valence-corrected chi connectivity index (χ0v) is 13.7. The molecule has 6 N–H and O–H groups in total. The number of nitrogens with two attached hydrogens (primary N) is 1. The van der Waals surface area contributed by atoms with Crippen LogP contribution in [0.3, 0.4) is 0 Å². The fourth-order valence-corrected chi connectivity index (χ4v) is 2.82. The predicted octanol–water partition coefficient (Wildman–Crippen LogP) is 1.26. The summed E-state index contributed by atoms with van der Waals surface area (Å²) in [4.78, 5) is 0. The molecule has 2 aliphatic rings. The summed E-state index contributed by atoms with van der Waals surface area (Å²) in [6.07, 6.45) is 7.62. The van der Waals surface area contributed by atoms with E-state index in [0.717, 1.165) is 42.9 Å². The first-order valence-corrected chi connectivity index (χ1v) is 8.38. The lowest BCUT2D eigenvalue weighted by Crippen LogP contribution is -2.38. The number of benzene rings is 1. The third-order valence-electron chi connectivity index (χ3n) is 4.26. The van der Waals surface area contributed by atoms with Gasteiger partial charge in [-0.15, -0.1) is 0 Å². The molecule has 1 aromatic carbocycles. The SMILES string of the molecule is N=C(/C=C\C1NC=C(c2ccc(CN)cc2)N1)NC1CCOCC1. The van der Waals surface area contributed by atoms with Crippen molar-refractivity contribution in [2.24, 2.45) is 5.73 Å². The molecule has 0 bridgehead atoms. The molecule has 0 radical (unpaired) electrons. The molecular weight excluding hydrogens is 302 g/mol. The summed E-state index contributed by atoms with van der Waals surface area (Å²) in [5.74, 6) is 0.436. The number of ether oxygens (including phenoxy) is 1. The van der Waals surface area contributed by atoms with Gasteiger partial charge in [0.05, 0.1) is 5.70 Å². The topological polar surface area (TPSA) is 95.2 Å². The fourth-order valence-electron chi connectivity index (χ4n) is 2.82. The van der Waals surface area contributed by atoms with Gasteiger partial charge in [-0.25, -0.2) is 0 Å². The van der Waals surface area contributed by atoms with Crippen LogP contribution in [0.5, 0.6) is 0 Å². The van der Waals surface area contributed by atoms with Crippen LogP contribution in [0.4, 0.5) is 0 Å². The maximum atomic E-state index is 8.02. The lowest BCUT2D eigenvalue weighted by molar-refractivity contribution is 0.0825. The molecule has 0 saturated carbocycles. The smallest absolute Gasteiger partial charge is 0.117 e. The molecule has 128 valence electrons. The maximum absolute atomic E-state index is 8.02. The highest BCUT2D eigenvalue weighted by atomic mass is 16.5. The number of nitrogens with one attached hydrogen (secondary N) is 4. The molecule has 24 heavy (non-hydrogen) atoms. The quantitative estimate of drug-likeness (QED) is 0.415. The molecule has 2 aliphatic heterocycles. The Morgan fingerprint density at radius 2 is 2.04 bits per heavy atom. The van der Waals surface area contributed by atoms with Crippen molar-refractivity contribution in [3.63, 3.8) is 0 Å². The highest BCUT2D eigenvalue weighted by Gasteiger charge is 2.15. The molecule has 2 heterocycles. The minimum atomic E-state index is -0.00831. The Bertz CT molecular complexity index is 617. The fraction of sp³-hybridized carbons (Fsp3) is 0.389. The number of hydrogen-bond donors (Lipinski definition) is 5. The second-order valence-corrected chi connectivity index (χ2v) is 6.05. The Kier molecular flexibility index (Phi) is 5.51. The van der Waals surface area contributed by atoms with Gasteiger partial charge >= 0.3 is 0 Å². The summed E-state index contributed by atoms with van der Waals surface area (Å²) in [5.41, 5.74) is 8.90. The molecule has 0 amide bonds. The highest BCUT2D eigenvalue weighted by Crippen LogP contribution is 2.16. The molecule has 1 aromatic rings. The highest BCUT2D eigenvalue weighted by molar-refractivity contribution is 5.90. The van der Waals surface area contributed by atoms with E-state index in [9.17, 15) is 0 Å². The van der Waals surface area contributed by atoms with Gasteiger partial charge in [-0.2, -0.15) is 0 Å². The van der Waals surface area contributed by atoms with E-state index in [4.69, 9.17) is 15.9 Å². The van der Waals surface area contributed by atoms with Crippen molar-refractivity contribution in [2.75, 3.05) is 13.2 Å². The van der Waals surface area contributed by atoms with E-state index in [-0.39, 0.29) is 6.17 Å². The van der Waals surface area contributed by atoms with E-state index in [2.05, 4.69) is 28.1 Å². The van der Waals surface area contributed by atoms with Crippen LogP contribution in [0.15, 0.2) is 42.6 Å². The van der Waals surface area contributed by atoms with E-state index >= 15 is 0 Å². The zero-order valence-electron chi connectivity index (χ0n) is 13.7. The Labute approximate surface area is 142 Å². The first kappa shape index (κ1) is 16.5. The van der Waals surface area contributed by atoms with Crippen molar-refractivity contribution >= 4 is 11.5 Å². The minimum Gasteiger partial charge on any atom is -0.381 e. The van der Waals surface area contributed by atoms with Gasteiger partial charge < -0.3 is 26.4 Å².